The van der Waals surface area contributed by atoms with Crippen molar-refractivity contribution in [2.75, 3.05) is 45.7 Å². The number of pyridine rings is 1. The van der Waals surface area contributed by atoms with Crippen LogP contribution in [0.15, 0.2) is 22.9 Å². The third-order valence-corrected chi connectivity index (χ3v) is 8.88. The summed E-state index contributed by atoms with van der Waals surface area (Å²) in [6, 6.07) is 2.30. The van der Waals surface area contributed by atoms with Gasteiger partial charge in [0, 0.05) is 37.4 Å². The van der Waals surface area contributed by atoms with Gasteiger partial charge in [0.05, 0.1) is 15.5 Å². The molecule has 3 aromatic rings. The molecule has 8 nitrogen and oxygen atoms in total. The molecule has 182 valence electrons. The highest BCUT2D eigenvalue weighted by atomic mass is 79.9. The van der Waals surface area contributed by atoms with Gasteiger partial charge in [0.1, 0.15) is 18.3 Å². The molecule has 10 heteroatoms. The van der Waals surface area contributed by atoms with Crippen molar-refractivity contribution in [2.24, 2.45) is 0 Å². The van der Waals surface area contributed by atoms with Crippen LogP contribution in [0.2, 0.25) is 0 Å². The van der Waals surface area contributed by atoms with Crippen LogP contribution in [0.25, 0.3) is 16.7 Å². The van der Waals surface area contributed by atoms with E-state index in [1.165, 1.54) is 6.42 Å². The summed E-state index contributed by atoms with van der Waals surface area (Å²) < 4.78 is 23.3. The Morgan fingerprint density at radius 2 is 2.12 bits per heavy atom. The zero-order chi connectivity index (χ0) is 23.5. The van der Waals surface area contributed by atoms with Crippen molar-refractivity contribution < 1.29 is 9.13 Å². The number of halogens is 2. The van der Waals surface area contributed by atoms with Gasteiger partial charge in [-0.15, -0.1) is 0 Å². The van der Waals surface area contributed by atoms with Crippen molar-refractivity contribution in [1.29, 1.82) is 0 Å². The molecule has 0 aromatic carbocycles. The Labute approximate surface area is 207 Å². The largest absolute Gasteiger partial charge is 0.461 e. The quantitative estimate of drug-likeness (QED) is 0.495. The highest BCUT2D eigenvalue weighted by Gasteiger charge is 2.49. The molecule has 0 spiro atoms. The number of ether oxygens (including phenoxy) is 1. The van der Waals surface area contributed by atoms with E-state index in [1.54, 1.807) is 6.20 Å². The molecular weight excluding hydrogens is 501 g/mol. The van der Waals surface area contributed by atoms with E-state index >= 15 is 0 Å². The third kappa shape index (κ3) is 3.56. The predicted octanol–water partition coefficient (Wildman–Crippen LogP) is 3.89. The molecule has 3 aromatic heterocycles. The van der Waals surface area contributed by atoms with Crippen LogP contribution >= 0.6 is 15.9 Å². The van der Waals surface area contributed by atoms with Gasteiger partial charge < -0.3 is 15.0 Å². The number of hydrogen-bond donors (Lipinski definition) is 1. The fraction of sp³-hybridized carbons (Fsp3) is 0.625. The zero-order valence-electron chi connectivity index (χ0n) is 19.7. The fourth-order valence-corrected chi connectivity index (χ4v) is 6.60. The first-order valence-electron chi connectivity index (χ1n) is 12.2. The van der Waals surface area contributed by atoms with Gasteiger partial charge in [-0.3, -0.25) is 9.30 Å². The summed E-state index contributed by atoms with van der Waals surface area (Å²) in [7, 11) is 4.29. The third-order valence-electron chi connectivity index (χ3n) is 8.30. The normalized spacial score (nSPS) is 26.3. The molecule has 1 saturated carbocycles. The van der Waals surface area contributed by atoms with Gasteiger partial charge in [0.2, 0.25) is 0 Å². The average molecular weight is 532 g/mol. The number of likely N-dealkylation sites (N-methyl/N-ethyl adjacent to an activating group) is 1. The number of imidazole rings is 1. The summed E-state index contributed by atoms with van der Waals surface area (Å²) in [6.07, 6.45) is 9.05. The molecule has 0 bridgehead atoms. The van der Waals surface area contributed by atoms with Crippen molar-refractivity contribution in [3.63, 3.8) is 0 Å². The number of fused-ring (bicyclic) bond motifs is 4. The first-order valence-corrected chi connectivity index (χ1v) is 13.0. The minimum Gasteiger partial charge on any atom is -0.461 e. The van der Waals surface area contributed by atoms with Crippen molar-refractivity contribution in [1.82, 2.24) is 29.2 Å². The molecule has 2 atom stereocenters. The summed E-state index contributed by atoms with van der Waals surface area (Å²) >= 11 is 3.63. The minimum atomic E-state index is -0.783. The molecule has 1 N–H and O–H groups in total. The van der Waals surface area contributed by atoms with E-state index < -0.39 is 6.17 Å². The molecule has 6 rings (SSSR count). The van der Waals surface area contributed by atoms with Crippen molar-refractivity contribution in [2.45, 2.75) is 55.8 Å². The van der Waals surface area contributed by atoms with Gasteiger partial charge in [0.15, 0.2) is 11.5 Å². The standard InChI is InChI=1S/C24H31BrFN7O/c1-31(2)23(5-3-6-23)14-28-20-19-18(11-17(25)21-27-8-10-33(19)21)29-22(30-20)34-15-24-7-4-9-32(24)13-16(26)12-24/h8,10-11,16H,3-7,9,12-15H2,1-2H3,(H,28,29,30)/t16-,24+/m1/s1. The maximum Gasteiger partial charge on any atom is 0.319 e. The summed E-state index contributed by atoms with van der Waals surface area (Å²) in [5, 5.41) is 3.63. The lowest BCUT2D eigenvalue weighted by molar-refractivity contribution is 0.0738. The van der Waals surface area contributed by atoms with E-state index in [1.807, 2.05) is 16.7 Å². The summed E-state index contributed by atoms with van der Waals surface area (Å²) in [5.41, 5.74) is 2.36. The Kier molecular flexibility index (Phi) is 5.46. The number of nitrogens with one attached hydrogen (secondary N) is 1. The molecule has 0 radical (unpaired) electrons. The summed E-state index contributed by atoms with van der Waals surface area (Å²) in [4.78, 5) is 18.6. The Morgan fingerprint density at radius 1 is 1.26 bits per heavy atom. The van der Waals surface area contributed by atoms with E-state index in [0.29, 0.717) is 25.6 Å². The van der Waals surface area contributed by atoms with E-state index in [9.17, 15) is 4.39 Å². The number of alkyl halides is 1. The number of rotatable bonds is 7. The maximum atomic E-state index is 14.2. The van der Waals surface area contributed by atoms with E-state index in [4.69, 9.17) is 14.7 Å². The van der Waals surface area contributed by atoms with Crippen LogP contribution in [0.4, 0.5) is 10.2 Å². The van der Waals surface area contributed by atoms with Gasteiger partial charge >= 0.3 is 6.01 Å². The summed E-state index contributed by atoms with van der Waals surface area (Å²) in [6.45, 7) is 2.65. The minimum absolute atomic E-state index is 0.130. The second-order valence-corrected chi connectivity index (χ2v) is 11.2. The van der Waals surface area contributed by atoms with Gasteiger partial charge in [-0.2, -0.15) is 9.97 Å². The number of hydrogen-bond acceptors (Lipinski definition) is 7. The van der Waals surface area contributed by atoms with Gasteiger partial charge in [0.25, 0.3) is 0 Å². The Morgan fingerprint density at radius 3 is 2.88 bits per heavy atom. The monoisotopic (exact) mass is 531 g/mol. The Balaban J connectivity index is 1.35. The Hall–Kier alpha value is -2.04. The van der Waals surface area contributed by atoms with Gasteiger partial charge in [-0.1, -0.05) is 0 Å². The first-order chi connectivity index (χ1) is 16.4. The van der Waals surface area contributed by atoms with E-state index in [0.717, 1.165) is 65.7 Å². The first kappa shape index (κ1) is 22.4. The Bertz CT molecular complexity index is 1230. The van der Waals surface area contributed by atoms with E-state index in [2.05, 4.69) is 50.1 Å². The molecular formula is C24H31BrFN7O. The highest BCUT2D eigenvalue weighted by molar-refractivity contribution is 9.10. The van der Waals surface area contributed by atoms with Crippen molar-refractivity contribution in [3.8, 4) is 6.01 Å². The van der Waals surface area contributed by atoms with Gasteiger partial charge in [-0.25, -0.2) is 9.37 Å². The lowest BCUT2D eigenvalue weighted by atomic mass is 9.75. The second-order valence-electron chi connectivity index (χ2n) is 10.4. The summed E-state index contributed by atoms with van der Waals surface area (Å²) in [5.74, 6) is 0.735. The number of anilines is 1. The molecule has 0 amide bonds. The van der Waals surface area contributed by atoms with Crippen LogP contribution in [0.1, 0.15) is 38.5 Å². The molecule has 2 saturated heterocycles. The fourth-order valence-electron chi connectivity index (χ4n) is 6.08. The van der Waals surface area contributed by atoms with Crippen LogP contribution in [-0.4, -0.2) is 86.7 Å². The zero-order valence-corrected chi connectivity index (χ0v) is 21.3. The van der Waals surface area contributed by atoms with Crippen LogP contribution in [0.5, 0.6) is 6.01 Å². The molecule has 0 unspecified atom stereocenters. The topological polar surface area (TPSA) is 70.8 Å². The van der Waals surface area contributed by atoms with Crippen molar-refractivity contribution in [3.05, 3.63) is 22.9 Å². The van der Waals surface area contributed by atoms with Gasteiger partial charge in [-0.05, 0) is 74.7 Å². The SMILES string of the molecule is CN(C)C1(CNc2nc(OC[C@@]34CCCN3C[C@H](F)C4)nc3cc(Br)c4nccn4c23)CCC1. The molecule has 34 heavy (non-hydrogen) atoms. The van der Waals surface area contributed by atoms with Crippen molar-refractivity contribution >= 4 is 38.4 Å². The van der Waals surface area contributed by atoms with E-state index in [-0.39, 0.29) is 11.1 Å². The maximum absolute atomic E-state index is 14.2. The lowest BCUT2D eigenvalue weighted by Gasteiger charge is -2.47. The number of nitrogens with zero attached hydrogens (tertiary/aromatic N) is 6. The molecule has 2 aliphatic heterocycles. The smallest absolute Gasteiger partial charge is 0.319 e. The van der Waals surface area contributed by atoms with Crippen LogP contribution in [0, 0.1) is 0 Å². The average Bonchev–Trinajstić information content (AvgIpc) is 3.45. The highest BCUT2D eigenvalue weighted by Crippen LogP contribution is 2.41. The predicted molar refractivity (Wildman–Crippen MR) is 133 cm³/mol. The second kappa shape index (κ2) is 8.27. The van der Waals surface area contributed by atoms with Crippen LogP contribution < -0.4 is 10.1 Å². The molecule has 1 aliphatic carbocycles. The lowest BCUT2D eigenvalue weighted by Crippen LogP contribution is -2.54. The molecule has 5 heterocycles. The van der Waals surface area contributed by atoms with Crippen LogP contribution in [-0.2, 0) is 0 Å². The number of aromatic nitrogens is 4. The molecule has 3 fully saturated rings. The molecule has 3 aliphatic rings. The van der Waals surface area contributed by atoms with Crippen LogP contribution in [0.3, 0.4) is 0 Å².